The van der Waals surface area contributed by atoms with Crippen LogP contribution in [0, 0.1) is 17.8 Å². The average Bonchev–Trinajstić information content (AvgIpc) is 2.75. The number of aromatic nitrogens is 1. The van der Waals surface area contributed by atoms with Gasteiger partial charge in [0.25, 0.3) is 0 Å². The van der Waals surface area contributed by atoms with E-state index < -0.39 is 10.8 Å². The van der Waals surface area contributed by atoms with E-state index >= 15 is 0 Å². The zero-order chi connectivity index (χ0) is 20.0. The molecule has 0 unspecified atom stereocenters. The fraction of sp³-hybridized carbons (Fsp3) is 0.632. The Balaban J connectivity index is 0.000000462. The normalized spacial score (nSPS) is 12.5. The van der Waals surface area contributed by atoms with Crippen molar-refractivity contribution >= 4 is 44.9 Å². The van der Waals surface area contributed by atoms with Crippen molar-refractivity contribution in [1.29, 1.82) is 0 Å². The Morgan fingerprint density at radius 1 is 1.12 bits per heavy atom. The molecular weight excluding hydrogens is 405 g/mol. The van der Waals surface area contributed by atoms with Gasteiger partial charge in [0, 0.05) is 10.8 Å². The SMILES string of the molecule is CC(C)(C)C(=O)CC(=O)C(C)(C)C.CC/C(F)=C\c1sc(Br)nc1C. The summed E-state index contributed by atoms with van der Waals surface area (Å²) in [7, 11) is 0. The fourth-order valence-corrected chi connectivity index (χ4v) is 2.96. The second kappa shape index (κ2) is 9.72. The van der Waals surface area contributed by atoms with Gasteiger partial charge in [-0.2, -0.15) is 0 Å². The first kappa shape index (κ1) is 24.1. The lowest BCUT2D eigenvalue weighted by Crippen LogP contribution is -2.28. The molecule has 1 rings (SSSR count). The van der Waals surface area contributed by atoms with Gasteiger partial charge in [-0.25, -0.2) is 9.37 Å². The largest absolute Gasteiger partial charge is 0.299 e. The Labute approximate surface area is 163 Å². The van der Waals surface area contributed by atoms with Crippen LogP contribution in [0.25, 0.3) is 6.08 Å². The Morgan fingerprint density at radius 3 is 1.84 bits per heavy atom. The van der Waals surface area contributed by atoms with Crippen molar-refractivity contribution < 1.29 is 14.0 Å². The van der Waals surface area contributed by atoms with E-state index in [9.17, 15) is 14.0 Å². The number of ketones is 2. The van der Waals surface area contributed by atoms with Gasteiger partial charge in [-0.3, -0.25) is 9.59 Å². The Hall–Kier alpha value is -0.880. The number of aryl methyl sites for hydroxylation is 1. The van der Waals surface area contributed by atoms with E-state index in [1.807, 2.05) is 48.5 Å². The van der Waals surface area contributed by atoms with Gasteiger partial charge >= 0.3 is 0 Å². The van der Waals surface area contributed by atoms with Crippen LogP contribution in [0.15, 0.2) is 9.74 Å². The van der Waals surface area contributed by atoms with Gasteiger partial charge < -0.3 is 0 Å². The zero-order valence-electron chi connectivity index (χ0n) is 16.4. The van der Waals surface area contributed by atoms with Crippen molar-refractivity contribution in [2.45, 2.75) is 68.2 Å². The molecule has 0 aliphatic carbocycles. The van der Waals surface area contributed by atoms with Crippen LogP contribution in [0.2, 0.25) is 0 Å². The van der Waals surface area contributed by atoms with Crippen molar-refractivity contribution in [3.63, 3.8) is 0 Å². The maximum Gasteiger partial charge on any atom is 0.159 e. The van der Waals surface area contributed by atoms with Crippen molar-refractivity contribution in [2.75, 3.05) is 0 Å². The van der Waals surface area contributed by atoms with E-state index in [2.05, 4.69) is 20.9 Å². The number of carbonyl (C=O) groups is 2. The van der Waals surface area contributed by atoms with E-state index in [4.69, 9.17) is 0 Å². The second-order valence-electron chi connectivity index (χ2n) is 7.88. The summed E-state index contributed by atoms with van der Waals surface area (Å²) in [6.07, 6.45) is 2.04. The quantitative estimate of drug-likeness (QED) is 0.506. The number of thiazole rings is 1. The van der Waals surface area contributed by atoms with E-state index in [1.165, 1.54) is 17.4 Å². The average molecular weight is 434 g/mol. The number of hydrogen-bond donors (Lipinski definition) is 0. The molecule has 0 radical (unpaired) electrons. The minimum Gasteiger partial charge on any atom is -0.299 e. The first-order chi connectivity index (χ1) is 11.2. The monoisotopic (exact) mass is 433 g/mol. The molecule has 0 spiro atoms. The molecule has 0 saturated carbocycles. The topological polar surface area (TPSA) is 47.0 Å². The summed E-state index contributed by atoms with van der Waals surface area (Å²) in [5, 5.41) is 0. The van der Waals surface area contributed by atoms with Crippen LogP contribution in [0.4, 0.5) is 4.39 Å². The van der Waals surface area contributed by atoms with Crippen LogP contribution in [0.3, 0.4) is 0 Å². The molecule has 3 nitrogen and oxygen atoms in total. The van der Waals surface area contributed by atoms with E-state index in [0.29, 0.717) is 6.42 Å². The molecule has 0 aliphatic heterocycles. The van der Waals surface area contributed by atoms with E-state index in [0.717, 1.165) is 14.5 Å². The maximum atomic E-state index is 12.8. The zero-order valence-corrected chi connectivity index (χ0v) is 18.8. The summed E-state index contributed by atoms with van der Waals surface area (Å²) >= 11 is 4.70. The molecule has 1 aromatic rings. The van der Waals surface area contributed by atoms with Gasteiger partial charge in [-0.15, -0.1) is 11.3 Å². The van der Waals surface area contributed by atoms with E-state index in [-0.39, 0.29) is 23.8 Å². The molecule has 0 atom stereocenters. The minimum atomic E-state index is -0.402. The molecule has 0 aliphatic rings. The molecule has 1 aromatic heterocycles. The van der Waals surface area contributed by atoms with Gasteiger partial charge in [-0.1, -0.05) is 48.5 Å². The molecule has 0 amide bonds. The predicted molar refractivity (Wildman–Crippen MR) is 107 cm³/mol. The van der Waals surface area contributed by atoms with Crippen LogP contribution in [0.5, 0.6) is 0 Å². The Bertz CT molecular complexity index is 613. The number of Topliss-reactive ketones (excluding diaryl/α,β-unsaturated/α-hetero) is 2. The maximum absolute atomic E-state index is 12.8. The van der Waals surface area contributed by atoms with Crippen LogP contribution < -0.4 is 0 Å². The molecule has 0 aromatic carbocycles. The molecule has 0 fully saturated rings. The molecule has 0 bridgehead atoms. The molecular formula is C19H29BrFNO2S. The summed E-state index contributed by atoms with van der Waals surface area (Å²) < 4.78 is 13.6. The lowest BCUT2D eigenvalue weighted by Gasteiger charge is -2.20. The lowest BCUT2D eigenvalue weighted by atomic mass is 9.82. The summed E-state index contributed by atoms with van der Waals surface area (Å²) in [6.45, 7) is 14.7. The number of halogens is 2. The first-order valence-electron chi connectivity index (χ1n) is 8.24. The smallest absolute Gasteiger partial charge is 0.159 e. The summed E-state index contributed by atoms with van der Waals surface area (Å²) in [5.74, 6) is -0.0610. The molecule has 1 heterocycles. The van der Waals surface area contributed by atoms with Crippen LogP contribution >= 0.6 is 27.3 Å². The third kappa shape index (κ3) is 9.40. The first-order valence-corrected chi connectivity index (χ1v) is 9.85. The highest BCUT2D eigenvalue weighted by Gasteiger charge is 2.28. The number of hydrogen-bond acceptors (Lipinski definition) is 4. The number of rotatable bonds is 4. The van der Waals surface area contributed by atoms with Crippen molar-refractivity contribution in [2.24, 2.45) is 10.8 Å². The van der Waals surface area contributed by atoms with Crippen molar-refractivity contribution in [1.82, 2.24) is 4.98 Å². The van der Waals surface area contributed by atoms with Gasteiger partial charge in [0.2, 0.25) is 0 Å². The molecule has 0 saturated heterocycles. The van der Waals surface area contributed by atoms with Gasteiger partial charge in [-0.05, 0) is 35.4 Å². The number of nitrogens with zero attached hydrogens (tertiary/aromatic N) is 1. The third-order valence-corrected chi connectivity index (χ3v) is 4.98. The fourth-order valence-electron chi connectivity index (χ4n) is 1.43. The lowest BCUT2D eigenvalue weighted by molar-refractivity contribution is -0.135. The number of allylic oxidation sites excluding steroid dienone is 1. The molecule has 6 heteroatoms. The van der Waals surface area contributed by atoms with Gasteiger partial charge in [0.15, 0.2) is 3.92 Å². The van der Waals surface area contributed by atoms with Gasteiger partial charge in [0.1, 0.15) is 17.4 Å². The highest BCUT2D eigenvalue weighted by molar-refractivity contribution is 9.11. The predicted octanol–water partition coefficient (Wildman–Crippen LogP) is 6.54. The molecule has 142 valence electrons. The minimum absolute atomic E-state index is 0.0208. The molecule has 0 N–H and O–H groups in total. The Kier molecular flexibility index (Phi) is 9.38. The van der Waals surface area contributed by atoms with Crippen molar-refractivity contribution in [3.8, 4) is 0 Å². The summed E-state index contributed by atoms with van der Waals surface area (Å²) in [6, 6.07) is 0. The van der Waals surface area contributed by atoms with Crippen LogP contribution in [-0.2, 0) is 9.59 Å². The van der Waals surface area contributed by atoms with Gasteiger partial charge in [0.05, 0.1) is 17.0 Å². The van der Waals surface area contributed by atoms with Crippen molar-refractivity contribution in [3.05, 3.63) is 20.3 Å². The summed E-state index contributed by atoms with van der Waals surface area (Å²) in [4.78, 5) is 28.0. The highest BCUT2D eigenvalue weighted by Crippen LogP contribution is 2.25. The van der Waals surface area contributed by atoms with Crippen LogP contribution in [0.1, 0.15) is 71.9 Å². The highest BCUT2D eigenvalue weighted by atomic mass is 79.9. The standard InChI is InChI=1S/C11H20O2.C8H9BrFNS/c1-10(2,3)8(12)7-9(13)11(4,5)6;1-3-6(10)4-7-5(2)11-8(9)12-7/h7H2,1-6H3;4H,3H2,1-2H3/b;6-4+. The number of carbonyl (C=O) groups excluding carboxylic acids is 2. The Morgan fingerprint density at radius 2 is 1.56 bits per heavy atom. The van der Waals surface area contributed by atoms with Crippen LogP contribution in [-0.4, -0.2) is 16.6 Å². The third-order valence-electron chi connectivity index (χ3n) is 3.43. The molecule has 25 heavy (non-hydrogen) atoms. The van der Waals surface area contributed by atoms with E-state index in [1.54, 1.807) is 6.92 Å². The summed E-state index contributed by atoms with van der Waals surface area (Å²) in [5.41, 5.74) is 0.0671. The second-order valence-corrected chi connectivity index (χ2v) is 10.2.